The van der Waals surface area contributed by atoms with Gasteiger partial charge >= 0.3 is 0 Å². The van der Waals surface area contributed by atoms with Crippen LogP contribution in [0.4, 0.5) is 5.69 Å². The van der Waals surface area contributed by atoms with Gasteiger partial charge in [0.2, 0.25) is 0 Å². The van der Waals surface area contributed by atoms with Crippen molar-refractivity contribution in [2.45, 2.75) is 31.2 Å². The number of fused-ring (bicyclic) bond motifs is 1. The normalized spacial score (nSPS) is 20.0. The Morgan fingerprint density at radius 3 is 2.38 bits per heavy atom. The Kier molecular flexibility index (Phi) is 3.00. The molecule has 0 atom stereocenters. The predicted octanol–water partition coefficient (Wildman–Crippen LogP) is 3.36. The summed E-state index contributed by atoms with van der Waals surface area (Å²) in [6, 6.07) is 17.4. The fraction of sp³-hybridized carbons (Fsp3) is 0.368. The Labute approximate surface area is 126 Å². The zero-order valence-corrected chi connectivity index (χ0v) is 12.4. The van der Waals surface area contributed by atoms with E-state index < -0.39 is 0 Å². The summed E-state index contributed by atoms with van der Waals surface area (Å²) in [5.74, 6) is 0. The van der Waals surface area contributed by atoms with Crippen LogP contribution in [0, 0.1) is 0 Å². The average Bonchev–Trinajstić information content (AvgIpc) is 3.28. The molecule has 2 aromatic rings. The summed E-state index contributed by atoms with van der Waals surface area (Å²) in [6.07, 6.45) is 3.82. The lowest BCUT2D eigenvalue weighted by molar-refractivity contribution is 0.231. The third-order valence-electron chi connectivity index (χ3n) is 5.11. The first-order valence-electron chi connectivity index (χ1n) is 7.90. The second-order valence-corrected chi connectivity index (χ2v) is 6.63. The number of nitrogens with two attached hydrogens (primary N) is 1. The zero-order chi connectivity index (χ0) is 14.3. The van der Waals surface area contributed by atoms with Crippen molar-refractivity contribution in [2.24, 2.45) is 0 Å². The standard InChI is InChI=1S/C19H22N2/c20-18-7-5-17(6-8-18)19(10-11-19)14-21-12-9-15-3-1-2-4-16(15)13-21/h1-8H,9-14,20H2. The lowest BCUT2D eigenvalue weighted by Gasteiger charge is -2.32. The Bertz CT molecular complexity index is 641. The summed E-state index contributed by atoms with van der Waals surface area (Å²) in [4.78, 5) is 2.63. The Balaban J connectivity index is 1.51. The Hall–Kier alpha value is -1.80. The van der Waals surface area contributed by atoms with Crippen molar-refractivity contribution in [1.29, 1.82) is 0 Å². The van der Waals surface area contributed by atoms with Crippen LogP contribution in [-0.4, -0.2) is 18.0 Å². The highest BCUT2D eigenvalue weighted by molar-refractivity contribution is 5.43. The molecule has 4 rings (SSSR count). The monoisotopic (exact) mass is 278 g/mol. The van der Waals surface area contributed by atoms with Crippen molar-refractivity contribution in [3.8, 4) is 0 Å². The second-order valence-electron chi connectivity index (χ2n) is 6.63. The molecule has 0 spiro atoms. The predicted molar refractivity (Wildman–Crippen MR) is 87.2 cm³/mol. The molecule has 1 aliphatic carbocycles. The van der Waals surface area contributed by atoms with Gasteiger partial charge in [0.25, 0.3) is 0 Å². The van der Waals surface area contributed by atoms with Gasteiger partial charge in [-0.25, -0.2) is 0 Å². The maximum atomic E-state index is 5.82. The molecule has 0 amide bonds. The topological polar surface area (TPSA) is 29.3 Å². The number of anilines is 1. The lowest BCUT2D eigenvalue weighted by Crippen LogP contribution is -2.36. The molecule has 1 heterocycles. The fourth-order valence-corrected chi connectivity index (χ4v) is 3.64. The lowest BCUT2D eigenvalue weighted by atomic mass is 9.93. The summed E-state index contributed by atoms with van der Waals surface area (Å²) in [5, 5.41) is 0. The van der Waals surface area contributed by atoms with E-state index in [0.29, 0.717) is 5.41 Å². The third kappa shape index (κ3) is 2.44. The molecule has 0 unspecified atom stereocenters. The minimum absolute atomic E-state index is 0.389. The van der Waals surface area contributed by atoms with Crippen LogP contribution in [-0.2, 0) is 18.4 Å². The molecular weight excluding hydrogens is 256 g/mol. The van der Waals surface area contributed by atoms with E-state index in [9.17, 15) is 0 Å². The van der Waals surface area contributed by atoms with Gasteiger partial charge in [-0.3, -0.25) is 4.90 Å². The van der Waals surface area contributed by atoms with Crippen molar-refractivity contribution in [1.82, 2.24) is 4.90 Å². The maximum absolute atomic E-state index is 5.82. The third-order valence-corrected chi connectivity index (χ3v) is 5.11. The number of nitrogens with zero attached hydrogens (tertiary/aromatic N) is 1. The fourth-order valence-electron chi connectivity index (χ4n) is 3.64. The number of hydrogen-bond acceptors (Lipinski definition) is 2. The van der Waals surface area contributed by atoms with E-state index in [1.165, 1.54) is 49.0 Å². The van der Waals surface area contributed by atoms with Crippen molar-refractivity contribution in [2.75, 3.05) is 18.8 Å². The molecule has 0 radical (unpaired) electrons. The molecule has 2 aromatic carbocycles. The summed E-state index contributed by atoms with van der Waals surface area (Å²) >= 11 is 0. The zero-order valence-electron chi connectivity index (χ0n) is 12.4. The van der Waals surface area contributed by atoms with Crippen LogP contribution in [0.1, 0.15) is 29.5 Å². The maximum Gasteiger partial charge on any atom is 0.0314 e. The molecule has 2 aliphatic rings. The minimum Gasteiger partial charge on any atom is -0.399 e. The summed E-state index contributed by atoms with van der Waals surface area (Å²) in [7, 11) is 0. The summed E-state index contributed by atoms with van der Waals surface area (Å²) in [5.41, 5.74) is 11.6. The van der Waals surface area contributed by atoms with Gasteiger partial charge in [-0.05, 0) is 48.1 Å². The van der Waals surface area contributed by atoms with Gasteiger partial charge in [-0.1, -0.05) is 36.4 Å². The highest BCUT2D eigenvalue weighted by atomic mass is 15.1. The average molecular weight is 278 g/mol. The summed E-state index contributed by atoms with van der Waals surface area (Å²) in [6.45, 7) is 3.48. The van der Waals surface area contributed by atoms with Crippen LogP contribution in [0.3, 0.4) is 0 Å². The van der Waals surface area contributed by atoms with Crippen molar-refractivity contribution in [3.05, 3.63) is 65.2 Å². The Morgan fingerprint density at radius 2 is 1.67 bits per heavy atom. The van der Waals surface area contributed by atoms with E-state index in [1.807, 2.05) is 12.1 Å². The first-order valence-corrected chi connectivity index (χ1v) is 7.90. The SMILES string of the molecule is Nc1ccc(C2(CN3CCc4ccccc4C3)CC2)cc1. The molecule has 2 nitrogen and oxygen atoms in total. The highest BCUT2D eigenvalue weighted by Gasteiger charge is 2.45. The van der Waals surface area contributed by atoms with Gasteiger partial charge in [0.1, 0.15) is 0 Å². The molecule has 21 heavy (non-hydrogen) atoms. The van der Waals surface area contributed by atoms with Crippen molar-refractivity contribution in [3.63, 3.8) is 0 Å². The number of benzene rings is 2. The molecule has 2 heteroatoms. The van der Waals surface area contributed by atoms with E-state index in [4.69, 9.17) is 5.73 Å². The largest absolute Gasteiger partial charge is 0.399 e. The number of nitrogen functional groups attached to an aromatic ring is 1. The molecule has 108 valence electrons. The minimum atomic E-state index is 0.389. The molecule has 1 aliphatic heterocycles. The number of hydrogen-bond donors (Lipinski definition) is 1. The van der Waals surface area contributed by atoms with Crippen LogP contribution in [0.15, 0.2) is 48.5 Å². The van der Waals surface area contributed by atoms with E-state index in [0.717, 1.165) is 12.2 Å². The smallest absolute Gasteiger partial charge is 0.0314 e. The molecule has 1 saturated carbocycles. The van der Waals surface area contributed by atoms with Crippen LogP contribution in [0.2, 0.25) is 0 Å². The van der Waals surface area contributed by atoms with Gasteiger partial charge in [-0.2, -0.15) is 0 Å². The van der Waals surface area contributed by atoms with Gasteiger partial charge < -0.3 is 5.73 Å². The van der Waals surface area contributed by atoms with Crippen LogP contribution < -0.4 is 5.73 Å². The molecule has 0 bridgehead atoms. The van der Waals surface area contributed by atoms with E-state index in [1.54, 1.807) is 0 Å². The number of rotatable bonds is 3. The molecular formula is C19H22N2. The van der Waals surface area contributed by atoms with Crippen LogP contribution >= 0.6 is 0 Å². The van der Waals surface area contributed by atoms with E-state index in [2.05, 4.69) is 41.3 Å². The first-order chi connectivity index (χ1) is 10.3. The van der Waals surface area contributed by atoms with Gasteiger partial charge in [0.15, 0.2) is 0 Å². The van der Waals surface area contributed by atoms with E-state index >= 15 is 0 Å². The van der Waals surface area contributed by atoms with Gasteiger partial charge in [-0.15, -0.1) is 0 Å². The molecule has 0 saturated heterocycles. The van der Waals surface area contributed by atoms with Crippen molar-refractivity contribution >= 4 is 5.69 Å². The molecule has 2 N–H and O–H groups in total. The van der Waals surface area contributed by atoms with Crippen LogP contribution in [0.5, 0.6) is 0 Å². The van der Waals surface area contributed by atoms with Crippen molar-refractivity contribution < 1.29 is 0 Å². The van der Waals surface area contributed by atoms with E-state index in [-0.39, 0.29) is 0 Å². The van der Waals surface area contributed by atoms with Gasteiger partial charge in [0.05, 0.1) is 0 Å². The first kappa shape index (κ1) is 12.9. The highest BCUT2D eigenvalue weighted by Crippen LogP contribution is 2.49. The quantitative estimate of drug-likeness (QED) is 0.872. The second kappa shape index (κ2) is 4.88. The molecule has 1 fully saturated rings. The summed E-state index contributed by atoms with van der Waals surface area (Å²) < 4.78 is 0. The Morgan fingerprint density at radius 1 is 0.952 bits per heavy atom. The molecule has 0 aromatic heterocycles. The van der Waals surface area contributed by atoms with Crippen LogP contribution in [0.25, 0.3) is 0 Å². The van der Waals surface area contributed by atoms with Gasteiger partial charge in [0, 0.05) is 30.7 Å².